The molecule has 0 bridgehead atoms. The van der Waals surface area contributed by atoms with Crippen LogP contribution in [0.3, 0.4) is 0 Å². The van der Waals surface area contributed by atoms with Gasteiger partial charge in [0.25, 0.3) is 0 Å². The van der Waals surface area contributed by atoms with Gasteiger partial charge >= 0.3 is 0 Å². The Labute approximate surface area is 147 Å². The van der Waals surface area contributed by atoms with Crippen molar-refractivity contribution < 1.29 is 22.7 Å². The summed E-state index contributed by atoms with van der Waals surface area (Å²) in [7, 11) is -3.71. The Morgan fingerprint density at radius 3 is 2.60 bits per heavy atom. The molecule has 0 aliphatic carbocycles. The molecule has 7 heteroatoms. The van der Waals surface area contributed by atoms with Crippen molar-refractivity contribution in [1.29, 1.82) is 0 Å². The molecule has 0 unspecified atom stereocenters. The molecular formula is C18H24FNO4S. The number of benzene rings is 1. The number of nitrogens with one attached hydrogen (secondary N) is 1. The second-order valence-corrected chi connectivity index (χ2v) is 10.7. The number of ether oxygens (including phenoxy) is 1. The minimum absolute atomic E-state index is 0.0423. The Bertz CT molecular complexity index is 847. The average molecular weight is 369 g/mol. The third-order valence-electron chi connectivity index (χ3n) is 5.53. The van der Waals surface area contributed by atoms with Crippen molar-refractivity contribution in [3.63, 3.8) is 0 Å². The maximum atomic E-state index is 14.7. The van der Waals surface area contributed by atoms with E-state index in [9.17, 15) is 17.9 Å². The van der Waals surface area contributed by atoms with Gasteiger partial charge in [-0.15, -0.1) is 0 Å². The fraction of sp³-hybridized carbons (Fsp3) is 0.556. The zero-order chi connectivity index (χ0) is 18.8. The Kier molecular flexibility index (Phi) is 3.79. The van der Waals surface area contributed by atoms with Crippen molar-refractivity contribution in [2.24, 2.45) is 0 Å². The predicted octanol–water partition coefficient (Wildman–Crippen LogP) is 2.60. The van der Waals surface area contributed by atoms with Gasteiger partial charge in [-0.05, 0) is 52.3 Å². The van der Waals surface area contributed by atoms with Gasteiger partial charge < -0.3 is 15.2 Å². The number of aromatic hydroxyl groups is 1. The molecule has 2 atom stereocenters. The fourth-order valence-corrected chi connectivity index (χ4v) is 6.20. The van der Waals surface area contributed by atoms with E-state index in [-0.39, 0.29) is 30.0 Å². The van der Waals surface area contributed by atoms with Gasteiger partial charge in [-0.1, -0.05) is 6.58 Å². The third-order valence-corrected chi connectivity index (χ3v) is 8.52. The summed E-state index contributed by atoms with van der Waals surface area (Å²) in [5, 5.41) is 12.1. The molecule has 5 nitrogen and oxygen atoms in total. The lowest BCUT2D eigenvalue weighted by Crippen LogP contribution is -2.71. The highest BCUT2D eigenvalue weighted by molar-refractivity contribution is 7.93. The van der Waals surface area contributed by atoms with Crippen LogP contribution in [0, 0.1) is 5.82 Å². The molecule has 1 aromatic rings. The lowest BCUT2D eigenvalue weighted by atomic mass is 9.78. The molecule has 2 N–H and O–H groups in total. The number of rotatable bonds is 1. The molecule has 0 amide bonds. The van der Waals surface area contributed by atoms with Gasteiger partial charge in [0.15, 0.2) is 9.84 Å². The first kappa shape index (κ1) is 18.2. The zero-order valence-corrected chi connectivity index (χ0v) is 15.7. The van der Waals surface area contributed by atoms with Crippen molar-refractivity contribution >= 4 is 9.84 Å². The summed E-state index contributed by atoms with van der Waals surface area (Å²) in [6, 6.07) is 3.62. The van der Waals surface area contributed by atoms with E-state index >= 15 is 0 Å². The lowest BCUT2D eigenvalue weighted by Gasteiger charge is -2.56. The van der Waals surface area contributed by atoms with Crippen molar-refractivity contribution in [2.75, 3.05) is 6.61 Å². The van der Waals surface area contributed by atoms with Crippen molar-refractivity contribution in [3.05, 3.63) is 41.9 Å². The highest BCUT2D eigenvalue weighted by Crippen LogP contribution is 2.50. The van der Waals surface area contributed by atoms with Gasteiger partial charge in [0.2, 0.25) is 0 Å². The monoisotopic (exact) mass is 369 g/mol. The van der Waals surface area contributed by atoms with Crippen molar-refractivity contribution in [2.45, 2.75) is 55.3 Å². The summed E-state index contributed by atoms with van der Waals surface area (Å²) >= 11 is 0. The van der Waals surface area contributed by atoms with E-state index in [2.05, 4.69) is 11.9 Å². The first-order valence-electron chi connectivity index (χ1n) is 8.17. The number of hydrogen-bond donors (Lipinski definition) is 2. The van der Waals surface area contributed by atoms with Crippen LogP contribution in [-0.4, -0.2) is 35.7 Å². The first-order chi connectivity index (χ1) is 11.3. The number of fused-ring (bicyclic) bond motifs is 1. The summed E-state index contributed by atoms with van der Waals surface area (Å²) < 4.78 is 46.1. The highest BCUT2D eigenvalue weighted by atomic mass is 32.2. The van der Waals surface area contributed by atoms with Gasteiger partial charge in [-0.25, -0.2) is 12.8 Å². The van der Waals surface area contributed by atoms with Gasteiger partial charge in [0.1, 0.15) is 21.9 Å². The third kappa shape index (κ3) is 2.47. The van der Waals surface area contributed by atoms with E-state index in [0.717, 1.165) is 6.07 Å². The number of hydrogen-bond acceptors (Lipinski definition) is 5. The Morgan fingerprint density at radius 2 is 1.96 bits per heavy atom. The minimum atomic E-state index is -3.71. The Hall–Kier alpha value is -1.60. The van der Waals surface area contributed by atoms with Gasteiger partial charge in [0.05, 0.1) is 17.5 Å². The van der Waals surface area contributed by atoms with Crippen LogP contribution in [-0.2, 0) is 20.1 Å². The number of sulfone groups is 1. The first-order valence-corrected chi connectivity index (χ1v) is 9.72. The minimum Gasteiger partial charge on any atom is -0.508 e. The average Bonchev–Trinajstić information content (AvgIpc) is 2.50. The van der Waals surface area contributed by atoms with E-state index in [1.54, 1.807) is 13.8 Å². The molecule has 25 heavy (non-hydrogen) atoms. The maximum absolute atomic E-state index is 14.7. The van der Waals surface area contributed by atoms with E-state index in [1.807, 2.05) is 13.8 Å². The standard InChI is InChI=1S/C18H24FNO4S/c1-11-17(4,5)25(22,23)15-9-16(2,3)24-10-18(15,20-11)13-8-12(21)6-7-14(13)19/h6-8,15,20-21H,1,9-10H2,2-5H3/t15-,18-/m1/s1. The van der Waals surface area contributed by atoms with E-state index in [0.29, 0.717) is 0 Å². The molecule has 2 aliphatic heterocycles. The molecule has 0 saturated carbocycles. The van der Waals surface area contributed by atoms with Crippen LogP contribution >= 0.6 is 0 Å². The second kappa shape index (κ2) is 5.20. The summed E-state index contributed by atoms with van der Waals surface area (Å²) in [5.74, 6) is -0.731. The molecule has 3 rings (SSSR count). The van der Waals surface area contributed by atoms with Gasteiger partial charge in [0, 0.05) is 11.3 Å². The molecule has 0 radical (unpaired) electrons. The summed E-state index contributed by atoms with van der Waals surface area (Å²) in [4.78, 5) is 0. The van der Waals surface area contributed by atoms with Crippen LogP contribution in [0.2, 0.25) is 0 Å². The molecular weight excluding hydrogens is 345 g/mol. The molecule has 2 aliphatic rings. The highest BCUT2D eigenvalue weighted by Gasteiger charge is 2.62. The van der Waals surface area contributed by atoms with Crippen LogP contribution in [0.5, 0.6) is 5.75 Å². The van der Waals surface area contributed by atoms with Crippen LogP contribution in [0.25, 0.3) is 0 Å². The molecule has 0 aromatic heterocycles. The molecule has 2 fully saturated rings. The SMILES string of the molecule is C=C1N[C@@]2(c3cc(O)ccc3F)COC(C)(C)C[C@H]2S(=O)(=O)C1(C)C. The van der Waals surface area contributed by atoms with E-state index < -0.39 is 36.8 Å². The summed E-state index contributed by atoms with van der Waals surface area (Å²) in [6.07, 6.45) is 0.203. The van der Waals surface area contributed by atoms with Gasteiger partial charge in [-0.2, -0.15) is 0 Å². The number of phenolic OH excluding ortho intramolecular Hbond substituents is 1. The van der Waals surface area contributed by atoms with Crippen LogP contribution in [0.4, 0.5) is 4.39 Å². The van der Waals surface area contributed by atoms with Crippen LogP contribution in [0.15, 0.2) is 30.5 Å². The number of phenols is 1. The smallest absolute Gasteiger partial charge is 0.166 e. The lowest BCUT2D eigenvalue weighted by molar-refractivity contribution is -0.0949. The largest absolute Gasteiger partial charge is 0.508 e. The molecule has 138 valence electrons. The predicted molar refractivity (Wildman–Crippen MR) is 93.5 cm³/mol. The molecule has 2 heterocycles. The molecule has 0 spiro atoms. The fourth-order valence-electron chi connectivity index (χ4n) is 3.69. The molecule has 1 aromatic carbocycles. The normalized spacial score (nSPS) is 32.5. The quantitative estimate of drug-likeness (QED) is 0.796. The maximum Gasteiger partial charge on any atom is 0.166 e. The van der Waals surface area contributed by atoms with Crippen LogP contribution < -0.4 is 5.32 Å². The Balaban J connectivity index is 2.29. The zero-order valence-electron chi connectivity index (χ0n) is 14.9. The Morgan fingerprint density at radius 1 is 1.32 bits per heavy atom. The second-order valence-electron chi connectivity index (χ2n) is 8.04. The van der Waals surface area contributed by atoms with Gasteiger partial charge in [-0.3, -0.25) is 0 Å². The van der Waals surface area contributed by atoms with Crippen molar-refractivity contribution in [3.8, 4) is 5.75 Å². The number of halogens is 1. The molecule has 2 saturated heterocycles. The van der Waals surface area contributed by atoms with Crippen LogP contribution in [0.1, 0.15) is 39.7 Å². The topological polar surface area (TPSA) is 75.6 Å². The summed E-state index contributed by atoms with van der Waals surface area (Å²) in [6.45, 7) is 10.7. The van der Waals surface area contributed by atoms with Crippen molar-refractivity contribution in [1.82, 2.24) is 5.32 Å². The van der Waals surface area contributed by atoms with E-state index in [4.69, 9.17) is 4.74 Å². The summed E-state index contributed by atoms with van der Waals surface area (Å²) in [5.41, 5.74) is -1.63. The van der Waals surface area contributed by atoms with E-state index in [1.165, 1.54) is 12.1 Å².